The molecule has 0 radical (unpaired) electrons. The van der Waals surface area contributed by atoms with Gasteiger partial charge in [0.1, 0.15) is 11.6 Å². The second-order valence-corrected chi connectivity index (χ2v) is 7.46. The van der Waals surface area contributed by atoms with Gasteiger partial charge in [-0.2, -0.15) is 0 Å². The molecule has 8 heteroatoms. The van der Waals surface area contributed by atoms with Gasteiger partial charge in [-0.3, -0.25) is 14.2 Å². The number of aromatic nitrogens is 4. The number of carbonyl (C=O) groups is 1. The first-order valence-electron chi connectivity index (χ1n) is 9.32. The average Bonchev–Trinajstić information content (AvgIpc) is 3.12. The number of halogens is 1. The van der Waals surface area contributed by atoms with Crippen molar-refractivity contribution >= 4 is 39.6 Å². The molecule has 2 aromatic heterocycles. The van der Waals surface area contributed by atoms with Crippen molar-refractivity contribution in [2.75, 3.05) is 7.11 Å². The number of ether oxygens (including phenoxy) is 1. The number of fused-ring (bicyclic) bond motifs is 3. The predicted molar refractivity (Wildman–Crippen MR) is 117 cm³/mol. The van der Waals surface area contributed by atoms with Gasteiger partial charge >= 0.3 is 0 Å². The lowest BCUT2D eigenvalue weighted by atomic mass is 9.99. The van der Waals surface area contributed by atoms with Crippen molar-refractivity contribution in [1.82, 2.24) is 19.6 Å². The maximum absolute atomic E-state index is 12.2. The van der Waals surface area contributed by atoms with Gasteiger partial charge in [0.05, 0.1) is 24.3 Å². The molecule has 0 aliphatic carbocycles. The van der Waals surface area contributed by atoms with E-state index < -0.39 is 0 Å². The molecule has 2 heterocycles. The topological polar surface area (TPSA) is 95.4 Å². The Balaban J connectivity index is 1.93. The highest BCUT2D eigenvalue weighted by atomic mass is 35.5. The van der Waals surface area contributed by atoms with Crippen molar-refractivity contribution in [1.29, 1.82) is 0 Å². The number of benzene rings is 2. The minimum Gasteiger partial charge on any atom is -0.496 e. The largest absolute Gasteiger partial charge is 0.496 e. The van der Waals surface area contributed by atoms with Gasteiger partial charge in [-0.25, -0.2) is 0 Å². The van der Waals surface area contributed by atoms with E-state index in [4.69, 9.17) is 22.1 Å². The Hall–Kier alpha value is -3.45. The molecule has 0 bridgehead atoms. The Kier molecular flexibility index (Phi) is 5.13. The third-order valence-corrected chi connectivity index (χ3v) is 5.15. The van der Waals surface area contributed by atoms with Crippen molar-refractivity contribution in [3.8, 4) is 5.75 Å². The normalized spacial score (nSPS) is 12.3. The van der Waals surface area contributed by atoms with Gasteiger partial charge in [-0.05, 0) is 37.6 Å². The van der Waals surface area contributed by atoms with E-state index in [0.29, 0.717) is 45.2 Å². The molecule has 0 saturated heterocycles. The smallest absolute Gasteiger partial charge is 0.179 e. The number of Topliss-reactive ketones (excluding diaryl/α,β-unsaturated/α-hetero) is 1. The predicted octanol–water partition coefficient (Wildman–Crippen LogP) is 3.81. The Bertz CT molecular complexity index is 1300. The molecule has 4 rings (SSSR count). The van der Waals surface area contributed by atoms with E-state index >= 15 is 0 Å². The lowest BCUT2D eigenvalue weighted by Gasteiger charge is -2.14. The Labute approximate surface area is 178 Å². The van der Waals surface area contributed by atoms with Crippen LogP contribution in [-0.2, 0) is 11.2 Å². The summed E-state index contributed by atoms with van der Waals surface area (Å²) in [6.07, 6.45) is 2.23. The Morgan fingerprint density at radius 2 is 1.90 bits per heavy atom. The van der Waals surface area contributed by atoms with Crippen LogP contribution in [0, 0.1) is 0 Å². The highest BCUT2D eigenvalue weighted by Gasteiger charge is 2.19. The van der Waals surface area contributed by atoms with Crippen LogP contribution in [0.5, 0.6) is 5.75 Å². The number of rotatable bonds is 5. The summed E-state index contributed by atoms with van der Waals surface area (Å²) in [4.78, 5) is 16.7. The molecular formula is C22H20ClN5O2. The van der Waals surface area contributed by atoms with Gasteiger partial charge < -0.3 is 10.5 Å². The highest BCUT2D eigenvalue weighted by Crippen LogP contribution is 2.32. The van der Waals surface area contributed by atoms with Crippen LogP contribution >= 0.6 is 11.6 Å². The molecule has 0 fully saturated rings. The van der Waals surface area contributed by atoms with E-state index in [1.165, 1.54) is 6.92 Å². The van der Waals surface area contributed by atoms with Crippen molar-refractivity contribution in [3.05, 3.63) is 70.3 Å². The number of carbonyl (C=O) groups excluding carboxylic acids is 1. The quantitative estimate of drug-likeness (QED) is 0.492. The zero-order chi connectivity index (χ0) is 21.4. The zero-order valence-corrected chi connectivity index (χ0v) is 17.6. The van der Waals surface area contributed by atoms with Crippen molar-refractivity contribution < 1.29 is 9.53 Å². The molecular weight excluding hydrogens is 402 g/mol. The lowest BCUT2D eigenvalue weighted by molar-refractivity contribution is -0.111. The second-order valence-electron chi connectivity index (χ2n) is 7.03. The standard InChI is InChI=1S/C22H20ClN5O2/c1-12(24)22(13(2)29)16-9-17-18(10-19(16)30-3)28-20(26-27-21(28)11-25-17)8-14-4-6-15(23)7-5-14/h4-7,9-11H,8,24H2,1-3H3. The molecule has 0 unspecified atom stereocenters. The fourth-order valence-electron chi connectivity index (χ4n) is 3.59. The van der Waals surface area contributed by atoms with E-state index in [0.717, 1.165) is 16.9 Å². The van der Waals surface area contributed by atoms with Gasteiger partial charge in [0.15, 0.2) is 11.4 Å². The van der Waals surface area contributed by atoms with E-state index in [2.05, 4.69) is 15.2 Å². The van der Waals surface area contributed by atoms with E-state index in [-0.39, 0.29) is 5.78 Å². The number of allylic oxidation sites excluding steroid dienone is 2. The number of hydrogen-bond donors (Lipinski definition) is 1. The van der Waals surface area contributed by atoms with Crippen LogP contribution in [0.4, 0.5) is 0 Å². The Morgan fingerprint density at radius 3 is 2.53 bits per heavy atom. The van der Waals surface area contributed by atoms with Crippen molar-refractivity contribution in [2.24, 2.45) is 5.73 Å². The molecule has 30 heavy (non-hydrogen) atoms. The van der Waals surface area contributed by atoms with Crippen LogP contribution in [0.1, 0.15) is 30.8 Å². The van der Waals surface area contributed by atoms with Crippen LogP contribution < -0.4 is 10.5 Å². The molecule has 0 spiro atoms. The van der Waals surface area contributed by atoms with Gasteiger partial charge in [-0.15, -0.1) is 10.2 Å². The minimum atomic E-state index is -0.138. The van der Waals surface area contributed by atoms with E-state index in [1.54, 1.807) is 20.2 Å². The zero-order valence-electron chi connectivity index (χ0n) is 16.8. The van der Waals surface area contributed by atoms with Gasteiger partial charge in [0.25, 0.3) is 0 Å². The first kappa shape index (κ1) is 19.8. The molecule has 2 aromatic carbocycles. The summed E-state index contributed by atoms with van der Waals surface area (Å²) in [5, 5.41) is 9.28. The van der Waals surface area contributed by atoms with Crippen LogP contribution in [0.15, 0.2) is 48.3 Å². The molecule has 152 valence electrons. The van der Waals surface area contributed by atoms with Crippen molar-refractivity contribution in [2.45, 2.75) is 20.3 Å². The summed E-state index contributed by atoms with van der Waals surface area (Å²) in [5.41, 5.74) is 10.6. The summed E-state index contributed by atoms with van der Waals surface area (Å²) in [7, 11) is 1.56. The maximum atomic E-state index is 12.2. The summed E-state index contributed by atoms with van der Waals surface area (Å²) >= 11 is 5.99. The molecule has 4 aromatic rings. The fourth-order valence-corrected chi connectivity index (χ4v) is 3.71. The fraction of sp³-hybridized carbons (Fsp3) is 0.182. The molecule has 0 saturated carbocycles. The number of methoxy groups -OCH3 is 1. The first-order chi connectivity index (χ1) is 14.4. The molecule has 0 aliphatic heterocycles. The summed E-state index contributed by atoms with van der Waals surface area (Å²) < 4.78 is 7.53. The molecule has 0 amide bonds. The third-order valence-electron chi connectivity index (χ3n) is 4.90. The number of nitrogens with zero attached hydrogens (tertiary/aromatic N) is 4. The molecule has 7 nitrogen and oxygen atoms in total. The van der Waals surface area contributed by atoms with Crippen molar-refractivity contribution in [3.63, 3.8) is 0 Å². The average molecular weight is 422 g/mol. The third kappa shape index (κ3) is 3.48. The number of hydrogen-bond acceptors (Lipinski definition) is 6. The summed E-state index contributed by atoms with van der Waals surface area (Å²) in [6, 6.07) is 11.3. The lowest BCUT2D eigenvalue weighted by Crippen LogP contribution is -2.07. The summed E-state index contributed by atoms with van der Waals surface area (Å²) in [6.45, 7) is 3.18. The monoisotopic (exact) mass is 421 g/mol. The second kappa shape index (κ2) is 7.76. The van der Waals surface area contributed by atoms with Crippen LogP contribution in [0.25, 0.3) is 22.3 Å². The minimum absolute atomic E-state index is 0.138. The SMILES string of the molecule is COc1cc2c(cc1C(C(C)=O)=C(C)N)ncc1nnc(Cc3ccc(Cl)cc3)n12. The molecule has 2 N–H and O–H groups in total. The van der Waals surface area contributed by atoms with Crippen LogP contribution in [-0.4, -0.2) is 32.5 Å². The van der Waals surface area contributed by atoms with E-state index in [1.807, 2.05) is 40.8 Å². The maximum Gasteiger partial charge on any atom is 0.179 e. The van der Waals surface area contributed by atoms with Gasteiger partial charge in [0, 0.05) is 34.3 Å². The van der Waals surface area contributed by atoms with Gasteiger partial charge in [0.2, 0.25) is 0 Å². The number of ketones is 1. The molecule has 0 atom stereocenters. The van der Waals surface area contributed by atoms with E-state index in [9.17, 15) is 4.79 Å². The number of nitrogens with two attached hydrogens (primary N) is 1. The highest BCUT2D eigenvalue weighted by molar-refractivity contribution is 6.30. The van der Waals surface area contributed by atoms with Crippen LogP contribution in [0.3, 0.4) is 0 Å². The first-order valence-corrected chi connectivity index (χ1v) is 9.69. The summed E-state index contributed by atoms with van der Waals surface area (Å²) in [5.74, 6) is 1.14. The Morgan fingerprint density at radius 1 is 1.17 bits per heavy atom. The van der Waals surface area contributed by atoms with Crippen LogP contribution in [0.2, 0.25) is 5.02 Å². The molecule has 0 aliphatic rings. The van der Waals surface area contributed by atoms with Gasteiger partial charge in [-0.1, -0.05) is 23.7 Å².